The van der Waals surface area contributed by atoms with Crippen LogP contribution in [-0.2, 0) is 0 Å². The molecule has 174 valence electrons. The number of rotatable bonds is 6. The van der Waals surface area contributed by atoms with Crippen LogP contribution in [0.1, 0.15) is 36.4 Å². The van der Waals surface area contributed by atoms with E-state index >= 15 is 0 Å². The highest BCUT2D eigenvalue weighted by molar-refractivity contribution is 7.80. The van der Waals surface area contributed by atoms with E-state index in [0.29, 0.717) is 33.0 Å². The molecule has 1 aromatic heterocycles. The largest absolute Gasteiger partial charge is 0.331 e. The molecule has 0 spiro atoms. The second-order valence-electron chi connectivity index (χ2n) is 7.67. The molecule has 0 aliphatic rings. The van der Waals surface area contributed by atoms with Crippen LogP contribution in [0.3, 0.4) is 0 Å². The van der Waals surface area contributed by atoms with Crippen molar-refractivity contribution in [3.05, 3.63) is 89.2 Å². The fourth-order valence-corrected chi connectivity index (χ4v) is 3.14. The molecule has 0 saturated heterocycles. The van der Waals surface area contributed by atoms with Crippen LogP contribution in [-0.4, -0.2) is 26.6 Å². The maximum atomic E-state index is 5.32. The van der Waals surface area contributed by atoms with Crippen molar-refractivity contribution in [1.29, 1.82) is 0 Å². The van der Waals surface area contributed by atoms with E-state index in [1.165, 1.54) is 11.1 Å². The zero-order chi connectivity index (χ0) is 24.5. The van der Waals surface area contributed by atoms with Gasteiger partial charge in [0.1, 0.15) is 0 Å². The molecular weight excluding hydrogens is 462 g/mol. The number of thiocarbonyl (C=S) groups is 2. The molecule has 3 rings (SSSR count). The molecule has 0 amide bonds. The molecule has 0 bridgehead atoms. The molecule has 9 heteroatoms. The predicted molar refractivity (Wildman–Crippen MR) is 150 cm³/mol. The highest BCUT2D eigenvalue weighted by Gasteiger charge is 2.06. The highest BCUT2D eigenvalue weighted by atomic mass is 32.1. The van der Waals surface area contributed by atoms with Crippen molar-refractivity contribution >= 4 is 57.5 Å². The number of aryl methyl sites for hydroxylation is 2. The maximum Gasteiger partial charge on any atom is 0.191 e. The predicted octanol–water partition coefficient (Wildman–Crippen LogP) is 5.12. The van der Waals surface area contributed by atoms with Gasteiger partial charge in [0.15, 0.2) is 10.2 Å². The average molecular weight is 490 g/mol. The number of hydrogen-bond acceptors (Lipinski definition) is 5. The molecule has 0 atom stereocenters. The Morgan fingerprint density at radius 1 is 0.647 bits per heavy atom. The Labute approximate surface area is 210 Å². The quantitative estimate of drug-likeness (QED) is 0.217. The normalized spacial score (nSPS) is 11.5. The molecule has 0 fully saturated rings. The van der Waals surface area contributed by atoms with Crippen molar-refractivity contribution in [2.75, 3.05) is 10.6 Å². The average Bonchev–Trinajstić information content (AvgIpc) is 2.84. The summed E-state index contributed by atoms with van der Waals surface area (Å²) < 4.78 is 0. The number of hydrazone groups is 2. The number of pyridine rings is 1. The molecule has 7 nitrogen and oxygen atoms in total. The van der Waals surface area contributed by atoms with Crippen molar-refractivity contribution in [2.45, 2.75) is 27.7 Å². The maximum absolute atomic E-state index is 5.32. The van der Waals surface area contributed by atoms with Crippen molar-refractivity contribution in [3.8, 4) is 0 Å². The lowest BCUT2D eigenvalue weighted by Crippen LogP contribution is -2.25. The summed E-state index contributed by atoms with van der Waals surface area (Å²) in [5.74, 6) is 0. The minimum Gasteiger partial charge on any atom is -0.331 e. The smallest absolute Gasteiger partial charge is 0.191 e. The summed E-state index contributed by atoms with van der Waals surface area (Å²) in [6.07, 6.45) is 0. The first-order valence-corrected chi connectivity index (χ1v) is 11.5. The number of hydrogen-bond donors (Lipinski definition) is 4. The van der Waals surface area contributed by atoms with Crippen LogP contribution in [0.15, 0.2) is 76.9 Å². The number of nitrogens with one attached hydrogen (secondary N) is 4. The summed E-state index contributed by atoms with van der Waals surface area (Å²) in [5, 5.41) is 15.7. The number of anilines is 2. The van der Waals surface area contributed by atoms with E-state index < -0.39 is 0 Å². The molecule has 1 heterocycles. The van der Waals surface area contributed by atoms with Gasteiger partial charge in [-0.3, -0.25) is 10.9 Å². The van der Waals surface area contributed by atoms with E-state index in [4.69, 9.17) is 24.4 Å². The van der Waals surface area contributed by atoms with Gasteiger partial charge < -0.3 is 10.6 Å². The van der Waals surface area contributed by atoms with E-state index in [2.05, 4.69) is 36.7 Å². The summed E-state index contributed by atoms with van der Waals surface area (Å²) in [7, 11) is 0. The van der Waals surface area contributed by atoms with Gasteiger partial charge in [0.2, 0.25) is 0 Å². The van der Waals surface area contributed by atoms with Crippen LogP contribution in [0.25, 0.3) is 0 Å². The number of nitrogens with zero attached hydrogens (tertiary/aromatic N) is 3. The molecule has 3 aromatic rings. The van der Waals surface area contributed by atoms with Crippen LogP contribution in [0, 0.1) is 13.8 Å². The molecule has 0 radical (unpaired) electrons. The van der Waals surface area contributed by atoms with Gasteiger partial charge in [-0.25, -0.2) is 4.98 Å². The summed E-state index contributed by atoms with van der Waals surface area (Å²) in [6.45, 7) is 7.79. The van der Waals surface area contributed by atoms with E-state index in [1.807, 2.05) is 94.4 Å². The lowest BCUT2D eigenvalue weighted by Gasteiger charge is -2.09. The molecule has 2 aromatic carbocycles. The Balaban J connectivity index is 1.58. The molecule has 0 saturated carbocycles. The van der Waals surface area contributed by atoms with Crippen LogP contribution in [0.5, 0.6) is 0 Å². The van der Waals surface area contributed by atoms with E-state index in [0.717, 1.165) is 11.4 Å². The molecule has 0 aliphatic carbocycles. The Morgan fingerprint density at radius 2 is 1.03 bits per heavy atom. The van der Waals surface area contributed by atoms with Gasteiger partial charge in [-0.2, -0.15) is 10.2 Å². The summed E-state index contributed by atoms with van der Waals surface area (Å²) >= 11 is 10.6. The van der Waals surface area contributed by atoms with Crippen molar-refractivity contribution in [1.82, 2.24) is 15.8 Å². The van der Waals surface area contributed by atoms with Crippen LogP contribution < -0.4 is 21.5 Å². The first kappa shape index (κ1) is 24.9. The van der Waals surface area contributed by atoms with Crippen molar-refractivity contribution in [3.63, 3.8) is 0 Å². The SMILES string of the molecule is C/C(=N\NC(=S)Nc1ccc(C)cc1)c1cccc(/C(C)=N/NC(=S)Nc2ccc(C)cc2)n1. The Morgan fingerprint density at radius 3 is 1.41 bits per heavy atom. The lowest BCUT2D eigenvalue weighted by molar-refractivity contribution is 1.02. The summed E-state index contributed by atoms with van der Waals surface area (Å²) in [5.41, 5.74) is 12.7. The van der Waals surface area contributed by atoms with Crippen LogP contribution >= 0.6 is 24.4 Å². The topological polar surface area (TPSA) is 85.7 Å². The second-order valence-corrected chi connectivity index (χ2v) is 8.48. The van der Waals surface area contributed by atoms with Crippen molar-refractivity contribution in [2.24, 2.45) is 10.2 Å². The molecule has 0 aliphatic heterocycles. The second kappa shape index (κ2) is 12.0. The Bertz CT molecular complexity index is 1120. The third-order valence-electron chi connectivity index (χ3n) is 4.76. The van der Waals surface area contributed by atoms with Gasteiger partial charge in [-0.1, -0.05) is 41.5 Å². The highest BCUT2D eigenvalue weighted by Crippen LogP contribution is 2.09. The van der Waals surface area contributed by atoms with Crippen LogP contribution in [0.4, 0.5) is 11.4 Å². The van der Waals surface area contributed by atoms with Crippen LogP contribution in [0.2, 0.25) is 0 Å². The van der Waals surface area contributed by atoms with Gasteiger partial charge in [0.25, 0.3) is 0 Å². The third-order valence-corrected chi connectivity index (χ3v) is 5.15. The number of benzene rings is 2. The molecule has 0 unspecified atom stereocenters. The monoisotopic (exact) mass is 489 g/mol. The zero-order valence-corrected chi connectivity index (χ0v) is 21.1. The van der Waals surface area contributed by atoms with Gasteiger partial charge in [0, 0.05) is 11.4 Å². The molecular formula is C25H27N7S2. The standard InChI is InChI=1S/C25H27N7S2/c1-16-8-12-20(13-9-16)26-24(33)31-29-18(3)22-6-5-7-23(28-22)19(4)30-32-25(34)27-21-14-10-17(2)11-15-21/h5-15H,1-4H3,(H2,26,31,33)(H2,27,32,34)/b29-18+,30-19+. The first-order chi connectivity index (χ1) is 16.3. The third kappa shape index (κ3) is 7.72. The number of aromatic nitrogens is 1. The fraction of sp³-hybridized carbons (Fsp3) is 0.160. The molecule has 34 heavy (non-hydrogen) atoms. The summed E-state index contributed by atoms with van der Waals surface area (Å²) in [4.78, 5) is 4.65. The van der Waals surface area contributed by atoms with E-state index in [9.17, 15) is 0 Å². The minimum absolute atomic E-state index is 0.399. The first-order valence-electron chi connectivity index (χ1n) is 10.6. The Kier molecular flexibility index (Phi) is 8.78. The zero-order valence-electron chi connectivity index (χ0n) is 19.5. The van der Waals surface area contributed by atoms with Gasteiger partial charge in [-0.05, 0) is 88.5 Å². The van der Waals surface area contributed by atoms with Gasteiger partial charge >= 0.3 is 0 Å². The van der Waals surface area contributed by atoms with Crippen molar-refractivity contribution < 1.29 is 0 Å². The van der Waals surface area contributed by atoms with Gasteiger partial charge in [0.05, 0.1) is 22.8 Å². The van der Waals surface area contributed by atoms with Gasteiger partial charge in [-0.15, -0.1) is 0 Å². The Hall–Kier alpha value is -3.69. The molecule has 4 N–H and O–H groups in total. The minimum atomic E-state index is 0.399. The van der Waals surface area contributed by atoms with E-state index in [-0.39, 0.29) is 0 Å². The lowest BCUT2D eigenvalue weighted by atomic mass is 10.2. The van der Waals surface area contributed by atoms with E-state index in [1.54, 1.807) is 0 Å². The summed E-state index contributed by atoms with van der Waals surface area (Å²) in [6, 6.07) is 21.6. The fourth-order valence-electron chi connectivity index (χ4n) is 2.81.